The molecule has 0 bridgehead atoms. The van der Waals surface area contributed by atoms with Crippen LogP contribution in [0.15, 0.2) is 36.4 Å². The highest BCUT2D eigenvalue weighted by Crippen LogP contribution is 2.26. The summed E-state index contributed by atoms with van der Waals surface area (Å²) < 4.78 is 32.0. The minimum absolute atomic E-state index is 0.0449. The molecule has 2 nitrogen and oxygen atoms in total. The molecule has 4 heteroatoms. The van der Waals surface area contributed by atoms with E-state index in [0.717, 1.165) is 17.2 Å². The van der Waals surface area contributed by atoms with Gasteiger partial charge in [-0.2, -0.15) is 0 Å². The van der Waals surface area contributed by atoms with Gasteiger partial charge in [0.15, 0.2) is 11.6 Å². The van der Waals surface area contributed by atoms with Gasteiger partial charge in [-0.15, -0.1) is 0 Å². The van der Waals surface area contributed by atoms with Crippen LogP contribution in [0.4, 0.5) is 8.78 Å². The first-order chi connectivity index (χ1) is 9.65. The number of rotatable bonds is 3. The maximum absolute atomic E-state index is 13.6. The summed E-state index contributed by atoms with van der Waals surface area (Å²) in [6.07, 6.45) is -0.819. The van der Waals surface area contributed by atoms with Crippen molar-refractivity contribution in [3.63, 3.8) is 0 Å². The largest absolute Gasteiger partial charge is 0.388 e. The van der Waals surface area contributed by atoms with E-state index in [1.165, 1.54) is 12.1 Å². The van der Waals surface area contributed by atoms with Gasteiger partial charge in [0.25, 0.3) is 0 Å². The van der Waals surface area contributed by atoms with Crippen LogP contribution >= 0.6 is 0 Å². The molecule has 0 aromatic heterocycles. The second-order valence-electron chi connectivity index (χ2n) is 4.95. The van der Waals surface area contributed by atoms with E-state index in [1.54, 1.807) is 6.07 Å². The van der Waals surface area contributed by atoms with E-state index in [2.05, 4.69) is 0 Å². The van der Waals surface area contributed by atoms with Gasteiger partial charge in [0, 0.05) is 6.42 Å². The zero-order valence-corrected chi connectivity index (χ0v) is 10.8. The normalized spacial score (nSPS) is 15.2. The molecule has 0 saturated heterocycles. The molecule has 20 heavy (non-hydrogen) atoms. The first-order valence-corrected chi connectivity index (χ1v) is 6.45. The standard InChI is InChI=1S/C16H14F2O2/c17-14-3-1-2-11(16(14)18)7-15(19)10-4-5-12-8-20-9-13(12)6-10/h1-6,15,19H,7-9H2. The van der Waals surface area contributed by atoms with Crippen LogP contribution < -0.4 is 0 Å². The van der Waals surface area contributed by atoms with Crippen LogP contribution in [-0.2, 0) is 24.4 Å². The molecule has 3 rings (SSSR count). The lowest BCUT2D eigenvalue weighted by Gasteiger charge is -2.13. The molecule has 0 saturated carbocycles. The Hall–Kier alpha value is -1.78. The van der Waals surface area contributed by atoms with Crippen molar-refractivity contribution in [2.45, 2.75) is 25.7 Å². The van der Waals surface area contributed by atoms with Crippen molar-refractivity contribution in [3.8, 4) is 0 Å². The number of ether oxygens (including phenoxy) is 1. The predicted molar refractivity (Wildman–Crippen MR) is 70.0 cm³/mol. The number of fused-ring (bicyclic) bond motifs is 1. The Morgan fingerprint density at radius 2 is 1.90 bits per heavy atom. The van der Waals surface area contributed by atoms with Crippen molar-refractivity contribution in [1.82, 2.24) is 0 Å². The van der Waals surface area contributed by atoms with Crippen LogP contribution in [0.1, 0.15) is 28.4 Å². The molecule has 104 valence electrons. The predicted octanol–water partition coefficient (Wildman–Crippen LogP) is 3.27. The average Bonchev–Trinajstić information content (AvgIpc) is 2.91. The Kier molecular flexibility index (Phi) is 3.51. The molecular weight excluding hydrogens is 262 g/mol. The quantitative estimate of drug-likeness (QED) is 0.932. The van der Waals surface area contributed by atoms with Gasteiger partial charge < -0.3 is 9.84 Å². The lowest BCUT2D eigenvalue weighted by Crippen LogP contribution is -2.05. The van der Waals surface area contributed by atoms with Gasteiger partial charge in [-0.1, -0.05) is 30.3 Å². The Bertz CT molecular complexity index is 640. The second-order valence-corrected chi connectivity index (χ2v) is 4.95. The number of halogens is 2. The third-order valence-corrected chi connectivity index (χ3v) is 3.58. The van der Waals surface area contributed by atoms with Crippen molar-refractivity contribution in [3.05, 3.63) is 70.3 Å². The molecule has 2 aromatic carbocycles. The first kappa shape index (κ1) is 13.2. The van der Waals surface area contributed by atoms with Crippen molar-refractivity contribution in [2.24, 2.45) is 0 Å². The summed E-state index contributed by atoms with van der Waals surface area (Å²) >= 11 is 0. The zero-order valence-electron chi connectivity index (χ0n) is 10.8. The highest BCUT2D eigenvalue weighted by atomic mass is 19.2. The summed E-state index contributed by atoms with van der Waals surface area (Å²) in [5.41, 5.74) is 3.02. The molecule has 0 aliphatic carbocycles. The van der Waals surface area contributed by atoms with Gasteiger partial charge in [0.05, 0.1) is 19.3 Å². The smallest absolute Gasteiger partial charge is 0.162 e. The van der Waals surface area contributed by atoms with Crippen LogP contribution in [0.2, 0.25) is 0 Å². The number of hydrogen-bond donors (Lipinski definition) is 1. The fraction of sp³-hybridized carbons (Fsp3) is 0.250. The average molecular weight is 276 g/mol. The molecule has 1 N–H and O–H groups in total. The lowest BCUT2D eigenvalue weighted by molar-refractivity contribution is 0.134. The summed E-state index contributed by atoms with van der Waals surface area (Å²) in [4.78, 5) is 0. The van der Waals surface area contributed by atoms with Gasteiger partial charge >= 0.3 is 0 Å². The van der Waals surface area contributed by atoms with Crippen LogP contribution in [-0.4, -0.2) is 5.11 Å². The van der Waals surface area contributed by atoms with Gasteiger partial charge in [0.2, 0.25) is 0 Å². The number of aliphatic hydroxyl groups excluding tert-OH is 1. The monoisotopic (exact) mass is 276 g/mol. The molecule has 0 amide bonds. The molecule has 1 unspecified atom stereocenters. The lowest BCUT2D eigenvalue weighted by atomic mass is 9.98. The SMILES string of the molecule is OC(Cc1cccc(F)c1F)c1ccc2c(c1)COC2. The molecular formula is C16H14F2O2. The summed E-state index contributed by atoms with van der Waals surface area (Å²) in [6, 6.07) is 9.56. The van der Waals surface area contributed by atoms with Gasteiger partial charge in [0.1, 0.15) is 0 Å². The van der Waals surface area contributed by atoms with E-state index < -0.39 is 17.7 Å². The van der Waals surface area contributed by atoms with E-state index in [-0.39, 0.29) is 12.0 Å². The number of aliphatic hydroxyl groups is 1. The Morgan fingerprint density at radius 1 is 1.10 bits per heavy atom. The van der Waals surface area contributed by atoms with Crippen molar-refractivity contribution < 1.29 is 18.6 Å². The summed E-state index contributed by atoms with van der Waals surface area (Å²) in [5, 5.41) is 10.2. The molecule has 0 spiro atoms. The molecule has 1 aliphatic rings. The highest BCUT2D eigenvalue weighted by Gasteiger charge is 2.17. The highest BCUT2D eigenvalue weighted by molar-refractivity contribution is 5.35. The summed E-state index contributed by atoms with van der Waals surface area (Å²) in [6.45, 7) is 1.12. The maximum Gasteiger partial charge on any atom is 0.162 e. The third kappa shape index (κ3) is 2.44. The van der Waals surface area contributed by atoms with Crippen molar-refractivity contribution in [2.75, 3.05) is 0 Å². The zero-order chi connectivity index (χ0) is 14.1. The van der Waals surface area contributed by atoms with Crippen LogP contribution in [0.5, 0.6) is 0 Å². The minimum Gasteiger partial charge on any atom is -0.388 e. The van der Waals surface area contributed by atoms with Gasteiger partial charge in [-0.05, 0) is 28.3 Å². The fourth-order valence-electron chi connectivity index (χ4n) is 2.43. The summed E-state index contributed by atoms with van der Waals surface area (Å²) in [5.74, 6) is -1.78. The number of benzene rings is 2. The molecule has 1 heterocycles. The molecule has 1 aliphatic heterocycles. The van der Waals surface area contributed by atoms with E-state index in [0.29, 0.717) is 18.8 Å². The van der Waals surface area contributed by atoms with Crippen molar-refractivity contribution in [1.29, 1.82) is 0 Å². The van der Waals surface area contributed by atoms with E-state index in [9.17, 15) is 13.9 Å². The molecule has 1 atom stereocenters. The minimum atomic E-state index is -0.893. The molecule has 0 radical (unpaired) electrons. The van der Waals surface area contributed by atoms with Crippen LogP contribution in [0.3, 0.4) is 0 Å². The Labute approximate surface area is 115 Å². The maximum atomic E-state index is 13.6. The van der Waals surface area contributed by atoms with Gasteiger partial charge in [-0.3, -0.25) is 0 Å². The van der Waals surface area contributed by atoms with E-state index >= 15 is 0 Å². The topological polar surface area (TPSA) is 29.5 Å². The van der Waals surface area contributed by atoms with Crippen molar-refractivity contribution >= 4 is 0 Å². The first-order valence-electron chi connectivity index (χ1n) is 6.45. The molecule has 2 aromatic rings. The third-order valence-electron chi connectivity index (χ3n) is 3.58. The van der Waals surface area contributed by atoms with Crippen LogP contribution in [0.25, 0.3) is 0 Å². The Morgan fingerprint density at radius 3 is 2.75 bits per heavy atom. The Balaban J connectivity index is 1.82. The molecule has 0 fully saturated rings. The number of hydrogen-bond acceptors (Lipinski definition) is 2. The van der Waals surface area contributed by atoms with E-state index in [4.69, 9.17) is 4.74 Å². The van der Waals surface area contributed by atoms with E-state index in [1.807, 2.05) is 12.1 Å². The second kappa shape index (κ2) is 5.31. The van der Waals surface area contributed by atoms with Crippen LogP contribution in [0, 0.1) is 11.6 Å². The van der Waals surface area contributed by atoms with Gasteiger partial charge in [-0.25, -0.2) is 8.78 Å². The summed E-state index contributed by atoms with van der Waals surface area (Å²) in [7, 11) is 0. The fourth-order valence-corrected chi connectivity index (χ4v) is 2.43.